The number of nitrogens with one attached hydrogen (secondary N) is 2. The second-order valence-electron chi connectivity index (χ2n) is 6.93. The zero-order valence-electron chi connectivity index (χ0n) is 16.5. The Morgan fingerprint density at radius 1 is 0.875 bits per heavy atom. The van der Waals surface area contributed by atoms with Crippen molar-refractivity contribution in [1.82, 2.24) is 15.0 Å². The molecule has 0 radical (unpaired) electrons. The Kier molecular flexibility index (Phi) is 5.59. The topological polar surface area (TPSA) is 116 Å². The van der Waals surface area contributed by atoms with Crippen molar-refractivity contribution in [1.29, 1.82) is 0 Å². The number of hydrogen-bond acceptors (Lipinski definition) is 5. The van der Waals surface area contributed by atoms with Gasteiger partial charge in [-0.3, -0.25) is 19.4 Å². The average molecular weight is 429 g/mol. The molecule has 0 unspecified atom stereocenters. The summed E-state index contributed by atoms with van der Waals surface area (Å²) in [5, 5.41) is 9.30. The number of aromatic hydroxyl groups is 1. The van der Waals surface area contributed by atoms with E-state index in [1.807, 2.05) is 0 Å². The molecule has 0 amide bonds. The van der Waals surface area contributed by atoms with Crippen molar-refractivity contribution >= 4 is 17.9 Å². The van der Waals surface area contributed by atoms with Crippen molar-refractivity contribution in [2.75, 3.05) is 0 Å². The summed E-state index contributed by atoms with van der Waals surface area (Å²) in [6.07, 6.45) is 4.05. The average Bonchev–Trinajstić information content (AvgIpc) is 2.79. The Labute approximate surface area is 179 Å². The zero-order chi connectivity index (χ0) is 22.7. The Morgan fingerprint density at radius 3 is 2.22 bits per heavy atom. The molecule has 0 fully saturated rings. The minimum Gasteiger partial charge on any atom is -0.506 e. The van der Waals surface area contributed by atoms with E-state index in [9.17, 15) is 23.9 Å². The van der Waals surface area contributed by atoms with Crippen LogP contribution in [0.5, 0.6) is 5.75 Å². The maximum absolute atomic E-state index is 13.1. The molecule has 7 nitrogen and oxygen atoms in total. The van der Waals surface area contributed by atoms with E-state index in [0.29, 0.717) is 22.4 Å². The molecule has 158 valence electrons. The van der Waals surface area contributed by atoms with Crippen molar-refractivity contribution in [3.8, 4) is 5.75 Å². The number of benzene rings is 2. The monoisotopic (exact) mass is 429 g/mol. The Bertz CT molecular complexity index is 1540. The van der Waals surface area contributed by atoms with Crippen molar-refractivity contribution in [2.45, 2.75) is 0 Å². The Hall–Kier alpha value is -4.59. The van der Waals surface area contributed by atoms with E-state index >= 15 is 0 Å². The maximum atomic E-state index is 13.1. The van der Waals surface area contributed by atoms with Gasteiger partial charge in [0.1, 0.15) is 22.3 Å². The Morgan fingerprint density at radius 2 is 1.56 bits per heavy atom. The van der Waals surface area contributed by atoms with Crippen molar-refractivity contribution < 1.29 is 14.3 Å². The summed E-state index contributed by atoms with van der Waals surface area (Å²) in [6, 6.07) is 14.6. The minimum absolute atomic E-state index is 0.00516. The molecule has 2 heterocycles. The first-order chi connectivity index (χ1) is 15.4. The highest BCUT2D eigenvalue weighted by atomic mass is 19.1. The number of aromatic amines is 2. The van der Waals surface area contributed by atoms with Crippen LogP contribution in [0.4, 0.5) is 4.39 Å². The number of carbonyl (C=O) groups excluding carboxylic acids is 1. The lowest BCUT2D eigenvalue weighted by Crippen LogP contribution is -2.46. The van der Waals surface area contributed by atoms with Gasteiger partial charge in [-0.1, -0.05) is 18.2 Å². The molecule has 0 saturated carbocycles. The van der Waals surface area contributed by atoms with E-state index in [-0.39, 0.29) is 22.2 Å². The number of ketones is 1. The number of rotatable bonds is 4. The van der Waals surface area contributed by atoms with E-state index in [1.54, 1.807) is 24.3 Å². The molecule has 0 saturated heterocycles. The summed E-state index contributed by atoms with van der Waals surface area (Å²) in [5.74, 6) is -0.752. The predicted octanol–water partition coefficient (Wildman–Crippen LogP) is 1.19. The number of carbonyl (C=O) groups is 1. The highest BCUT2D eigenvalue weighted by molar-refractivity contribution is 6.09. The van der Waals surface area contributed by atoms with Gasteiger partial charge >= 0.3 is 0 Å². The third-order valence-electron chi connectivity index (χ3n) is 4.61. The van der Waals surface area contributed by atoms with Gasteiger partial charge in [0.05, 0.1) is 11.9 Å². The number of nitrogens with zero attached hydrogens (tertiary/aromatic N) is 1. The molecule has 2 aromatic carbocycles. The summed E-state index contributed by atoms with van der Waals surface area (Å²) >= 11 is 0. The summed E-state index contributed by atoms with van der Waals surface area (Å²) < 4.78 is 13.1. The van der Waals surface area contributed by atoms with E-state index < -0.39 is 16.9 Å². The summed E-state index contributed by atoms with van der Waals surface area (Å²) in [5.41, 5.74) is 0.517. The van der Waals surface area contributed by atoms with Crippen LogP contribution in [0.1, 0.15) is 27.2 Å². The van der Waals surface area contributed by atoms with Gasteiger partial charge in [-0.2, -0.15) is 0 Å². The van der Waals surface area contributed by atoms with Gasteiger partial charge in [-0.05, 0) is 60.2 Å². The van der Waals surface area contributed by atoms with Crippen LogP contribution in [0.25, 0.3) is 12.2 Å². The number of H-pyrrole nitrogens is 2. The molecule has 0 bridgehead atoms. The number of halogens is 1. The quantitative estimate of drug-likeness (QED) is 0.422. The Balaban J connectivity index is 1.71. The number of pyridine rings is 1. The van der Waals surface area contributed by atoms with Gasteiger partial charge in [0.2, 0.25) is 0 Å². The first-order valence-corrected chi connectivity index (χ1v) is 9.50. The first-order valence-electron chi connectivity index (χ1n) is 9.50. The van der Waals surface area contributed by atoms with Crippen molar-refractivity contribution in [3.05, 3.63) is 126 Å². The summed E-state index contributed by atoms with van der Waals surface area (Å²) in [7, 11) is 0. The highest BCUT2D eigenvalue weighted by Crippen LogP contribution is 2.13. The third kappa shape index (κ3) is 4.59. The third-order valence-corrected chi connectivity index (χ3v) is 4.61. The molecule has 0 aliphatic rings. The lowest BCUT2D eigenvalue weighted by molar-refractivity contribution is 0.103. The van der Waals surface area contributed by atoms with E-state index in [4.69, 9.17) is 0 Å². The fourth-order valence-corrected chi connectivity index (χ4v) is 3.03. The smallest absolute Gasteiger partial charge is 0.272 e. The molecule has 0 aliphatic heterocycles. The maximum Gasteiger partial charge on any atom is 0.272 e. The largest absolute Gasteiger partial charge is 0.506 e. The fraction of sp³-hybridized carbons (Fsp3) is 0. The van der Waals surface area contributed by atoms with Crippen LogP contribution in [-0.4, -0.2) is 25.8 Å². The SMILES string of the molecule is O=C(c1ccc(F)cc1)c1cccc(C=c2[nH]c(=O)c(=Cc3ccc(O)cn3)[nH]c2=O)c1. The molecule has 2 aromatic heterocycles. The van der Waals surface area contributed by atoms with Crippen molar-refractivity contribution in [3.63, 3.8) is 0 Å². The van der Waals surface area contributed by atoms with Gasteiger partial charge in [0.25, 0.3) is 11.1 Å². The van der Waals surface area contributed by atoms with Crippen LogP contribution in [0.15, 0.2) is 76.4 Å². The standard InChI is InChI=1S/C24H16FN3O4/c25-17-6-4-15(5-7-17)22(30)16-3-1-2-14(10-16)11-20-23(31)28-21(24(32)27-20)12-18-8-9-19(29)13-26-18/h1-13,29H,(H,27,32)(H,28,31). The minimum atomic E-state index is -0.538. The van der Waals surface area contributed by atoms with Gasteiger partial charge in [0.15, 0.2) is 5.78 Å². The van der Waals surface area contributed by atoms with E-state index in [1.165, 1.54) is 54.7 Å². The van der Waals surface area contributed by atoms with Gasteiger partial charge in [-0.25, -0.2) is 4.39 Å². The molecule has 0 atom stereocenters. The number of aromatic nitrogens is 3. The molecular weight excluding hydrogens is 413 g/mol. The van der Waals surface area contributed by atoms with Gasteiger partial charge in [-0.15, -0.1) is 0 Å². The van der Waals surface area contributed by atoms with E-state index in [2.05, 4.69) is 15.0 Å². The van der Waals surface area contributed by atoms with Gasteiger partial charge in [0, 0.05) is 11.1 Å². The summed E-state index contributed by atoms with van der Waals surface area (Å²) in [6.45, 7) is 0. The lowest BCUT2D eigenvalue weighted by atomic mass is 10.0. The molecule has 8 heteroatoms. The van der Waals surface area contributed by atoms with Crippen LogP contribution >= 0.6 is 0 Å². The molecule has 0 spiro atoms. The zero-order valence-corrected chi connectivity index (χ0v) is 16.5. The second kappa shape index (κ2) is 8.65. The van der Waals surface area contributed by atoms with Crippen LogP contribution < -0.4 is 21.8 Å². The molecule has 3 N–H and O–H groups in total. The second-order valence-corrected chi connectivity index (χ2v) is 6.93. The normalized spacial score (nSPS) is 12.2. The van der Waals surface area contributed by atoms with Gasteiger partial charge < -0.3 is 15.1 Å². The van der Waals surface area contributed by atoms with Crippen LogP contribution in [0.2, 0.25) is 0 Å². The number of hydrogen-bond donors (Lipinski definition) is 3. The van der Waals surface area contributed by atoms with Crippen molar-refractivity contribution in [2.24, 2.45) is 0 Å². The van der Waals surface area contributed by atoms with Crippen LogP contribution in [0.3, 0.4) is 0 Å². The molecule has 4 aromatic rings. The van der Waals surface area contributed by atoms with Crippen LogP contribution in [0, 0.1) is 5.82 Å². The van der Waals surface area contributed by atoms with E-state index in [0.717, 1.165) is 0 Å². The lowest BCUT2D eigenvalue weighted by Gasteiger charge is -2.02. The summed E-state index contributed by atoms with van der Waals surface area (Å²) in [4.78, 5) is 46.5. The molecule has 4 rings (SSSR count). The predicted molar refractivity (Wildman–Crippen MR) is 116 cm³/mol. The molecule has 32 heavy (non-hydrogen) atoms. The highest BCUT2D eigenvalue weighted by Gasteiger charge is 2.09. The fourth-order valence-electron chi connectivity index (χ4n) is 3.03. The molecular formula is C24H16FN3O4. The molecule has 0 aliphatic carbocycles. The first kappa shape index (κ1) is 20.7. The van der Waals surface area contributed by atoms with Crippen LogP contribution in [-0.2, 0) is 0 Å².